The Bertz CT molecular complexity index is 73.4. The molecule has 0 amide bonds. The van der Waals surface area contributed by atoms with Crippen LogP contribution in [0.25, 0.3) is 0 Å². The largest absolute Gasteiger partial charge is 0.389 e. The molecule has 0 N–H and O–H groups in total. The number of hydrogen-bond acceptors (Lipinski definition) is 0. The minimum Gasteiger partial charge on any atom is -0.171 e. The molecule has 10 heavy (non-hydrogen) atoms. The van der Waals surface area contributed by atoms with E-state index in [4.69, 9.17) is 0 Å². The molecule has 0 aromatic carbocycles. The zero-order valence-corrected chi connectivity index (χ0v) is 6.33. The van der Waals surface area contributed by atoms with E-state index >= 15 is 0 Å². The van der Waals surface area contributed by atoms with Crippen LogP contribution in [0.5, 0.6) is 0 Å². The van der Waals surface area contributed by atoms with Crippen LogP contribution in [0.15, 0.2) is 12.7 Å². The Morgan fingerprint density at radius 3 is 1.80 bits per heavy atom. The number of alkyl halides is 3. The van der Waals surface area contributed by atoms with Crippen molar-refractivity contribution in [1.82, 2.24) is 0 Å². The van der Waals surface area contributed by atoms with E-state index in [1.54, 1.807) is 0 Å². The van der Waals surface area contributed by atoms with Gasteiger partial charge in [0, 0.05) is 6.42 Å². The van der Waals surface area contributed by atoms with E-state index in [-0.39, 0.29) is 6.42 Å². The second-order valence-electron chi connectivity index (χ2n) is 1.44. The molecule has 0 aliphatic heterocycles. The first-order valence-corrected chi connectivity index (χ1v) is 3.24. The smallest absolute Gasteiger partial charge is 0.171 e. The van der Waals surface area contributed by atoms with Gasteiger partial charge in [-0.15, -0.1) is 6.58 Å². The molecule has 0 saturated carbocycles. The zero-order chi connectivity index (χ0) is 8.62. The number of allylic oxidation sites excluding steroid dienone is 1. The molecule has 62 valence electrons. The van der Waals surface area contributed by atoms with Gasteiger partial charge in [-0.3, -0.25) is 0 Å². The molecule has 0 bridgehead atoms. The fourth-order valence-corrected chi connectivity index (χ4v) is 0.266. The van der Waals surface area contributed by atoms with Crippen molar-refractivity contribution < 1.29 is 13.2 Å². The molecule has 0 heterocycles. The summed E-state index contributed by atoms with van der Waals surface area (Å²) in [5, 5.41) is 0. The van der Waals surface area contributed by atoms with Gasteiger partial charge in [-0.05, 0) is 6.42 Å². The first kappa shape index (κ1) is 12.2. The summed E-state index contributed by atoms with van der Waals surface area (Å²) in [4.78, 5) is 0. The van der Waals surface area contributed by atoms with Crippen LogP contribution in [-0.2, 0) is 0 Å². The van der Waals surface area contributed by atoms with Crippen molar-refractivity contribution in [2.75, 3.05) is 0 Å². The summed E-state index contributed by atoms with van der Waals surface area (Å²) in [5.41, 5.74) is 0. The van der Waals surface area contributed by atoms with Gasteiger partial charge in [0.05, 0.1) is 0 Å². The summed E-state index contributed by atoms with van der Waals surface area (Å²) >= 11 is 0. The molecule has 0 radical (unpaired) electrons. The Morgan fingerprint density at radius 1 is 1.30 bits per heavy atom. The average molecular weight is 154 g/mol. The maximum absolute atomic E-state index is 11.2. The summed E-state index contributed by atoms with van der Waals surface area (Å²) in [5.74, 6) is 0. The highest BCUT2D eigenvalue weighted by Gasteiger charge is 2.24. The van der Waals surface area contributed by atoms with Gasteiger partial charge in [0.15, 0.2) is 0 Å². The Kier molecular flexibility index (Phi) is 8.13. The SMILES string of the molecule is C=CCCC(F)(F)F.CC. The summed E-state index contributed by atoms with van der Waals surface area (Å²) in [6.07, 6.45) is -3.50. The zero-order valence-electron chi connectivity index (χ0n) is 6.33. The predicted molar refractivity (Wildman–Crippen MR) is 36.8 cm³/mol. The van der Waals surface area contributed by atoms with Crippen molar-refractivity contribution in [3.8, 4) is 0 Å². The van der Waals surface area contributed by atoms with E-state index in [0.29, 0.717) is 0 Å². The Hall–Kier alpha value is -0.470. The average Bonchev–Trinajstić information content (AvgIpc) is 1.87. The first-order chi connectivity index (χ1) is 4.56. The van der Waals surface area contributed by atoms with Crippen molar-refractivity contribution in [2.24, 2.45) is 0 Å². The van der Waals surface area contributed by atoms with Crippen LogP contribution >= 0.6 is 0 Å². The van der Waals surface area contributed by atoms with Crippen molar-refractivity contribution in [2.45, 2.75) is 32.9 Å². The molecule has 0 fully saturated rings. The van der Waals surface area contributed by atoms with E-state index in [1.807, 2.05) is 13.8 Å². The summed E-state index contributed by atoms with van der Waals surface area (Å²) in [6.45, 7) is 7.16. The Balaban J connectivity index is 0. The molecule has 0 rings (SSSR count). The lowest BCUT2D eigenvalue weighted by molar-refractivity contribution is -0.133. The standard InChI is InChI=1S/C5H7F3.C2H6/c1-2-3-4-5(6,7)8;1-2/h2H,1,3-4H2;1-2H3. The van der Waals surface area contributed by atoms with Crippen LogP contribution in [0.3, 0.4) is 0 Å². The molecular weight excluding hydrogens is 141 g/mol. The van der Waals surface area contributed by atoms with Crippen LogP contribution in [0, 0.1) is 0 Å². The lowest BCUT2D eigenvalue weighted by atomic mass is 10.3. The Morgan fingerprint density at radius 2 is 1.70 bits per heavy atom. The minimum atomic E-state index is -4.02. The van der Waals surface area contributed by atoms with E-state index in [0.717, 1.165) is 0 Å². The molecule has 0 aliphatic rings. The van der Waals surface area contributed by atoms with Crippen LogP contribution in [0.2, 0.25) is 0 Å². The molecule has 0 aromatic heterocycles. The second-order valence-corrected chi connectivity index (χ2v) is 1.44. The quantitative estimate of drug-likeness (QED) is 0.533. The third-order valence-electron chi connectivity index (χ3n) is 0.632. The first-order valence-electron chi connectivity index (χ1n) is 3.24. The summed E-state index contributed by atoms with van der Waals surface area (Å²) < 4.78 is 33.6. The molecule has 0 nitrogen and oxygen atoms in total. The predicted octanol–water partition coefficient (Wildman–Crippen LogP) is 3.54. The topological polar surface area (TPSA) is 0 Å². The fourth-order valence-electron chi connectivity index (χ4n) is 0.266. The van der Waals surface area contributed by atoms with Gasteiger partial charge in [-0.2, -0.15) is 13.2 Å². The third kappa shape index (κ3) is 15.6. The van der Waals surface area contributed by atoms with Gasteiger partial charge in [0.25, 0.3) is 0 Å². The molecule has 0 atom stereocenters. The van der Waals surface area contributed by atoms with Gasteiger partial charge < -0.3 is 0 Å². The second kappa shape index (κ2) is 6.65. The van der Waals surface area contributed by atoms with Crippen LogP contribution in [0.1, 0.15) is 26.7 Å². The summed E-state index contributed by atoms with van der Waals surface area (Å²) in [6, 6.07) is 0. The Labute approximate surface area is 59.7 Å². The number of rotatable bonds is 2. The molecule has 0 aromatic rings. The van der Waals surface area contributed by atoms with Crippen LogP contribution < -0.4 is 0 Å². The van der Waals surface area contributed by atoms with Gasteiger partial charge in [0.1, 0.15) is 0 Å². The van der Waals surface area contributed by atoms with Gasteiger partial charge in [-0.25, -0.2) is 0 Å². The van der Waals surface area contributed by atoms with E-state index in [9.17, 15) is 13.2 Å². The highest BCUT2D eigenvalue weighted by atomic mass is 19.4. The minimum absolute atomic E-state index is 0.0174. The number of hydrogen-bond donors (Lipinski definition) is 0. The molecule has 0 unspecified atom stereocenters. The normalized spacial score (nSPS) is 9.70. The third-order valence-corrected chi connectivity index (χ3v) is 0.632. The molecular formula is C7H13F3. The van der Waals surface area contributed by atoms with Crippen molar-refractivity contribution >= 4 is 0 Å². The lowest BCUT2D eigenvalue weighted by Crippen LogP contribution is -2.05. The highest BCUT2D eigenvalue weighted by molar-refractivity contribution is 4.67. The van der Waals surface area contributed by atoms with Crippen molar-refractivity contribution in [3.05, 3.63) is 12.7 Å². The fraction of sp³-hybridized carbons (Fsp3) is 0.714. The molecule has 3 heteroatoms. The lowest BCUT2D eigenvalue weighted by Gasteiger charge is -2.00. The van der Waals surface area contributed by atoms with Crippen LogP contribution in [-0.4, -0.2) is 6.18 Å². The molecule has 0 aliphatic carbocycles. The van der Waals surface area contributed by atoms with E-state index in [2.05, 4.69) is 6.58 Å². The van der Waals surface area contributed by atoms with Crippen molar-refractivity contribution in [1.29, 1.82) is 0 Å². The maximum atomic E-state index is 11.2. The van der Waals surface area contributed by atoms with Crippen LogP contribution in [0.4, 0.5) is 13.2 Å². The van der Waals surface area contributed by atoms with E-state index in [1.165, 1.54) is 6.08 Å². The molecule has 0 saturated heterocycles. The maximum Gasteiger partial charge on any atom is 0.389 e. The summed E-state index contributed by atoms with van der Waals surface area (Å²) in [7, 11) is 0. The van der Waals surface area contributed by atoms with Gasteiger partial charge >= 0.3 is 6.18 Å². The van der Waals surface area contributed by atoms with E-state index < -0.39 is 12.6 Å². The molecule has 0 spiro atoms. The highest BCUT2D eigenvalue weighted by Crippen LogP contribution is 2.20. The monoisotopic (exact) mass is 154 g/mol. The van der Waals surface area contributed by atoms with Gasteiger partial charge in [0.2, 0.25) is 0 Å². The van der Waals surface area contributed by atoms with Crippen molar-refractivity contribution in [3.63, 3.8) is 0 Å². The van der Waals surface area contributed by atoms with Gasteiger partial charge in [-0.1, -0.05) is 19.9 Å². The number of halogens is 3.